The molecule has 0 aliphatic heterocycles. The Kier molecular flexibility index (Phi) is 4.02. The van der Waals surface area contributed by atoms with Crippen LogP contribution >= 0.6 is 15.9 Å². The first kappa shape index (κ1) is 11.1. The molecule has 74 valence electrons. The first-order valence-electron chi connectivity index (χ1n) is 4.08. The molecule has 0 aromatic heterocycles. The second-order valence-electron chi connectivity index (χ2n) is 2.81. The van der Waals surface area contributed by atoms with E-state index in [1.165, 1.54) is 12.1 Å². The third kappa shape index (κ3) is 2.78. The molecule has 0 fully saturated rings. The topological polar surface area (TPSA) is 23.8 Å². The van der Waals surface area contributed by atoms with Crippen molar-refractivity contribution in [3.05, 3.63) is 33.8 Å². The number of rotatable bonds is 3. The van der Waals surface area contributed by atoms with Gasteiger partial charge in [0.25, 0.3) is 6.43 Å². The molecule has 0 spiro atoms. The van der Waals surface area contributed by atoms with E-state index >= 15 is 0 Å². The number of hydrogen-bond acceptors (Lipinski definition) is 1. The molecule has 1 aromatic carbocycles. The van der Waals surface area contributed by atoms with Gasteiger partial charge in [-0.05, 0) is 24.1 Å². The minimum atomic E-state index is -2.45. The van der Waals surface area contributed by atoms with Gasteiger partial charge in [-0.3, -0.25) is 0 Å². The number of nitrogens with zero attached hydrogens (tertiary/aromatic N) is 1. The predicted octanol–water partition coefficient (Wildman–Crippen LogP) is 3.84. The SMILES string of the molecule is N#CCCc1cc(C(F)F)ccc1Br. The number of alkyl halides is 2. The van der Waals surface area contributed by atoms with Crippen molar-refractivity contribution >= 4 is 15.9 Å². The molecule has 0 bridgehead atoms. The Morgan fingerprint density at radius 2 is 2.14 bits per heavy atom. The molecular weight excluding hydrogens is 252 g/mol. The van der Waals surface area contributed by atoms with Crippen molar-refractivity contribution in [2.24, 2.45) is 0 Å². The van der Waals surface area contributed by atoms with Crippen LogP contribution in [0.15, 0.2) is 22.7 Å². The quantitative estimate of drug-likeness (QED) is 0.809. The highest BCUT2D eigenvalue weighted by atomic mass is 79.9. The van der Waals surface area contributed by atoms with E-state index in [0.29, 0.717) is 12.8 Å². The average Bonchev–Trinajstić information content (AvgIpc) is 2.16. The van der Waals surface area contributed by atoms with E-state index in [9.17, 15) is 8.78 Å². The smallest absolute Gasteiger partial charge is 0.205 e. The summed E-state index contributed by atoms with van der Waals surface area (Å²) in [6.45, 7) is 0. The summed E-state index contributed by atoms with van der Waals surface area (Å²) < 4.78 is 25.4. The van der Waals surface area contributed by atoms with Gasteiger partial charge >= 0.3 is 0 Å². The van der Waals surface area contributed by atoms with Crippen molar-refractivity contribution in [3.8, 4) is 6.07 Å². The Morgan fingerprint density at radius 1 is 1.43 bits per heavy atom. The third-order valence-electron chi connectivity index (χ3n) is 1.83. The van der Waals surface area contributed by atoms with E-state index in [0.717, 1.165) is 10.0 Å². The Balaban J connectivity index is 2.91. The molecule has 0 aliphatic rings. The molecule has 1 rings (SSSR count). The highest BCUT2D eigenvalue weighted by Crippen LogP contribution is 2.25. The van der Waals surface area contributed by atoms with Gasteiger partial charge in [0.1, 0.15) is 0 Å². The van der Waals surface area contributed by atoms with Crippen molar-refractivity contribution in [3.63, 3.8) is 0 Å². The Bertz CT molecular complexity index is 358. The van der Waals surface area contributed by atoms with Crippen LogP contribution in [0.2, 0.25) is 0 Å². The van der Waals surface area contributed by atoms with Crippen LogP contribution in [0.1, 0.15) is 24.0 Å². The second-order valence-corrected chi connectivity index (χ2v) is 3.66. The largest absolute Gasteiger partial charge is 0.263 e. The van der Waals surface area contributed by atoms with Crippen LogP contribution in [0.5, 0.6) is 0 Å². The van der Waals surface area contributed by atoms with Crippen LogP contribution in [0.4, 0.5) is 8.78 Å². The molecule has 0 heterocycles. The van der Waals surface area contributed by atoms with Gasteiger partial charge in [-0.2, -0.15) is 5.26 Å². The standard InChI is InChI=1S/C10H8BrF2N/c11-9-4-3-8(10(12)13)6-7(9)2-1-5-14/h3-4,6,10H,1-2H2. The van der Waals surface area contributed by atoms with E-state index in [1.54, 1.807) is 6.07 Å². The van der Waals surface area contributed by atoms with Crippen LogP contribution in [0.3, 0.4) is 0 Å². The minimum Gasteiger partial charge on any atom is -0.205 e. The van der Waals surface area contributed by atoms with E-state index in [1.807, 2.05) is 6.07 Å². The van der Waals surface area contributed by atoms with Gasteiger partial charge in [-0.25, -0.2) is 8.78 Å². The van der Waals surface area contributed by atoms with Gasteiger partial charge in [0.15, 0.2) is 0 Å². The zero-order valence-corrected chi connectivity index (χ0v) is 8.89. The van der Waals surface area contributed by atoms with E-state index in [2.05, 4.69) is 15.9 Å². The van der Waals surface area contributed by atoms with E-state index in [-0.39, 0.29) is 5.56 Å². The molecule has 0 aliphatic carbocycles. The summed E-state index contributed by atoms with van der Waals surface area (Å²) in [5.41, 5.74) is 0.755. The summed E-state index contributed by atoms with van der Waals surface area (Å²) in [4.78, 5) is 0. The van der Waals surface area contributed by atoms with E-state index in [4.69, 9.17) is 5.26 Å². The van der Waals surface area contributed by atoms with Crippen molar-refractivity contribution in [1.29, 1.82) is 5.26 Å². The molecule has 1 aromatic rings. The molecule has 4 heteroatoms. The first-order chi connectivity index (χ1) is 6.65. The second kappa shape index (κ2) is 5.06. The lowest BCUT2D eigenvalue weighted by atomic mass is 10.1. The van der Waals surface area contributed by atoms with Crippen LogP contribution in [-0.4, -0.2) is 0 Å². The molecule has 0 N–H and O–H groups in total. The molecule has 0 unspecified atom stereocenters. The first-order valence-corrected chi connectivity index (χ1v) is 4.88. The van der Waals surface area contributed by atoms with Crippen LogP contribution in [0, 0.1) is 11.3 Å². The number of benzene rings is 1. The Hall–Kier alpha value is -0.950. The predicted molar refractivity (Wildman–Crippen MR) is 53.0 cm³/mol. The minimum absolute atomic E-state index is 0.00106. The summed E-state index contributed by atoms with van der Waals surface area (Å²) in [7, 11) is 0. The van der Waals surface area contributed by atoms with Gasteiger partial charge in [-0.1, -0.05) is 22.0 Å². The van der Waals surface area contributed by atoms with Gasteiger partial charge < -0.3 is 0 Å². The third-order valence-corrected chi connectivity index (χ3v) is 2.60. The van der Waals surface area contributed by atoms with Gasteiger partial charge in [0.05, 0.1) is 6.07 Å². The van der Waals surface area contributed by atoms with Crippen molar-refractivity contribution in [2.75, 3.05) is 0 Å². The lowest BCUT2D eigenvalue weighted by molar-refractivity contribution is 0.151. The van der Waals surface area contributed by atoms with Gasteiger partial charge in [0, 0.05) is 16.5 Å². The van der Waals surface area contributed by atoms with Gasteiger partial charge in [0.2, 0.25) is 0 Å². The molecule has 14 heavy (non-hydrogen) atoms. The highest BCUT2D eigenvalue weighted by Gasteiger charge is 2.09. The summed E-state index contributed by atoms with van der Waals surface area (Å²) >= 11 is 3.26. The molecule has 0 atom stereocenters. The summed E-state index contributed by atoms with van der Waals surface area (Å²) in [5, 5.41) is 8.38. The van der Waals surface area contributed by atoms with Crippen molar-refractivity contribution in [1.82, 2.24) is 0 Å². The highest BCUT2D eigenvalue weighted by molar-refractivity contribution is 9.10. The fourth-order valence-corrected chi connectivity index (χ4v) is 1.56. The van der Waals surface area contributed by atoms with E-state index < -0.39 is 6.43 Å². The monoisotopic (exact) mass is 259 g/mol. The lowest BCUT2D eigenvalue weighted by Crippen LogP contribution is -1.90. The van der Waals surface area contributed by atoms with Crippen LogP contribution < -0.4 is 0 Å². The van der Waals surface area contributed by atoms with Crippen molar-refractivity contribution in [2.45, 2.75) is 19.3 Å². The molecule has 0 saturated carbocycles. The molecular formula is C10H8BrF2N. The number of halogens is 3. The van der Waals surface area contributed by atoms with Crippen LogP contribution in [0.25, 0.3) is 0 Å². The molecule has 0 radical (unpaired) electrons. The zero-order valence-electron chi connectivity index (χ0n) is 7.30. The molecule has 0 amide bonds. The molecule has 0 saturated heterocycles. The Labute approximate surface area is 89.5 Å². The van der Waals surface area contributed by atoms with Gasteiger partial charge in [-0.15, -0.1) is 0 Å². The number of aryl methyl sites for hydroxylation is 1. The maximum absolute atomic E-state index is 12.3. The normalized spacial score (nSPS) is 10.2. The maximum atomic E-state index is 12.3. The number of hydrogen-bond donors (Lipinski definition) is 0. The Morgan fingerprint density at radius 3 is 2.71 bits per heavy atom. The molecule has 1 nitrogen and oxygen atoms in total. The number of nitriles is 1. The fourth-order valence-electron chi connectivity index (χ4n) is 1.11. The fraction of sp³-hybridized carbons (Fsp3) is 0.300. The lowest BCUT2D eigenvalue weighted by Gasteiger charge is -2.05. The summed E-state index contributed by atoms with van der Waals surface area (Å²) in [6.07, 6.45) is -1.62. The summed E-state index contributed by atoms with van der Waals surface area (Å²) in [6, 6.07) is 6.39. The van der Waals surface area contributed by atoms with Crippen LogP contribution in [-0.2, 0) is 6.42 Å². The zero-order chi connectivity index (χ0) is 10.6. The summed E-state index contributed by atoms with van der Waals surface area (Å²) in [5.74, 6) is 0. The van der Waals surface area contributed by atoms with Crippen molar-refractivity contribution < 1.29 is 8.78 Å². The maximum Gasteiger partial charge on any atom is 0.263 e. The average molecular weight is 260 g/mol.